The van der Waals surface area contributed by atoms with Crippen LogP contribution in [0.1, 0.15) is 200 Å². The number of unbranched alkanes of at least 4 members (excludes halogenated alkanes) is 23. The molecule has 9 heteroatoms. The summed E-state index contributed by atoms with van der Waals surface area (Å²) in [6.45, 7) is 3.72. The highest BCUT2D eigenvalue weighted by Crippen LogP contribution is 2.22. The number of aliphatic hydroxyl groups is 5. The number of carbonyl (C=O) groups excluding carboxylic acids is 1. The molecule has 58 heavy (non-hydrogen) atoms. The van der Waals surface area contributed by atoms with E-state index in [1.807, 2.05) is 6.08 Å². The van der Waals surface area contributed by atoms with Gasteiger partial charge in [0, 0.05) is 6.42 Å². The van der Waals surface area contributed by atoms with E-state index in [1.54, 1.807) is 6.08 Å². The lowest BCUT2D eigenvalue weighted by atomic mass is 9.99. The van der Waals surface area contributed by atoms with Crippen LogP contribution < -0.4 is 5.32 Å². The molecule has 0 bridgehead atoms. The highest BCUT2D eigenvalue weighted by atomic mass is 16.7. The van der Waals surface area contributed by atoms with E-state index in [9.17, 15) is 30.3 Å². The quantitative estimate of drug-likeness (QED) is 0.0265. The largest absolute Gasteiger partial charge is 0.394 e. The molecule has 0 saturated carbocycles. The molecule has 1 aliphatic heterocycles. The number of aliphatic hydroxyl groups excluding tert-OH is 5. The molecule has 338 valence electrons. The Balaban J connectivity index is 2.37. The first-order valence-electron chi connectivity index (χ1n) is 23.9. The van der Waals surface area contributed by atoms with Crippen LogP contribution in [0.4, 0.5) is 0 Å². The topological polar surface area (TPSA) is 149 Å². The number of rotatable bonds is 39. The average Bonchev–Trinajstić information content (AvgIpc) is 3.22. The molecule has 0 aromatic carbocycles. The molecule has 1 fully saturated rings. The monoisotopic (exact) mass is 820 g/mol. The molecule has 7 atom stereocenters. The fourth-order valence-corrected chi connectivity index (χ4v) is 7.24. The normalized spacial score (nSPS) is 21.3. The van der Waals surface area contributed by atoms with E-state index >= 15 is 0 Å². The molecule has 0 aromatic rings. The molecule has 7 unspecified atom stereocenters. The van der Waals surface area contributed by atoms with Gasteiger partial charge in [-0.15, -0.1) is 0 Å². The van der Waals surface area contributed by atoms with E-state index in [-0.39, 0.29) is 12.5 Å². The third-order valence-electron chi connectivity index (χ3n) is 11.1. The predicted octanol–water partition coefficient (Wildman–Crippen LogP) is 10.2. The van der Waals surface area contributed by atoms with Crippen molar-refractivity contribution in [1.29, 1.82) is 0 Å². The third kappa shape index (κ3) is 29.4. The highest BCUT2D eigenvalue weighted by Gasteiger charge is 2.44. The molecule has 0 aliphatic carbocycles. The Labute approximate surface area is 354 Å². The van der Waals surface area contributed by atoms with Crippen molar-refractivity contribution in [2.45, 2.75) is 243 Å². The SMILES string of the molecule is CCCCCC/C=C\CCCCCCCC(=O)NC(COC1OC(CO)C(O)C(O)C1O)C(O)/C=C/CC/C=C/CC/C=C/CCCCCCCCCCCCCC. The summed E-state index contributed by atoms with van der Waals surface area (Å²) >= 11 is 0. The standard InChI is InChI=1S/C49H89NO8/c1-3-5-7-9-11-13-15-17-18-19-20-21-22-23-24-25-27-28-30-32-34-36-38-43(52)42(41-57-49-48(56)47(55)46(54)44(40-51)58-49)50-45(53)39-37-35-33-31-29-26-16-14-12-10-8-6-4-2/h14,16,23-24,28,30,36,38,42-44,46-49,51-52,54-56H,3-13,15,17-22,25-27,29,31-35,37,39-41H2,1-2H3,(H,50,53)/b16-14-,24-23+,30-28+,38-36+. The van der Waals surface area contributed by atoms with E-state index in [1.165, 1.54) is 116 Å². The molecule has 1 rings (SSSR count). The minimum atomic E-state index is -1.58. The van der Waals surface area contributed by atoms with Gasteiger partial charge >= 0.3 is 0 Å². The van der Waals surface area contributed by atoms with Gasteiger partial charge in [0.05, 0.1) is 25.4 Å². The molecule has 1 aliphatic rings. The van der Waals surface area contributed by atoms with Gasteiger partial charge in [-0.2, -0.15) is 0 Å². The van der Waals surface area contributed by atoms with E-state index in [4.69, 9.17) is 9.47 Å². The van der Waals surface area contributed by atoms with Crippen molar-refractivity contribution >= 4 is 5.91 Å². The van der Waals surface area contributed by atoms with Gasteiger partial charge in [-0.05, 0) is 70.6 Å². The van der Waals surface area contributed by atoms with Crippen LogP contribution >= 0.6 is 0 Å². The van der Waals surface area contributed by atoms with Crippen molar-refractivity contribution in [1.82, 2.24) is 5.32 Å². The molecule has 0 spiro atoms. The Hall–Kier alpha value is -1.85. The molecular formula is C49H89NO8. The Morgan fingerprint density at radius 2 is 0.983 bits per heavy atom. The van der Waals surface area contributed by atoms with Crippen LogP contribution in [0.25, 0.3) is 0 Å². The first kappa shape index (κ1) is 54.2. The summed E-state index contributed by atoms with van der Waals surface area (Å²) in [7, 11) is 0. The fourth-order valence-electron chi connectivity index (χ4n) is 7.24. The Morgan fingerprint density at radius 3 is 1.47 bits per heavy atom. The van der Waals surface area contributed by atoms with Gasteiger partial charge < -0.3 is 40.3 Å². The maximum atomic E-state index is 12.9. The summed E-state index contributed by atoms with van der Waals surface area (Å²) in [5, 5.41) is 54.2. The zero-order chi connectivity index (χ0) is 42.3. The van der Waals surface area contributed by atoms with Gasteiger partial charge in [0.25, 0.3) is 0 Å². The van der Waals surface area contributed by atoms with Crippen LogP contribution in [0.5, 0.6) is 0 Å². The second kappa shape index (κ2) is 39.3. The molecule has 0 radical (unpaired) electrons. The lowest BCUT2D eigenvalue weighted by Crippen LogP contribution is -2.60. The van der Waals surface area contributed by atoms with Gasteiger partial charge in [-0.1, -0.05) is 172 Å². The van der Waals surface area contributed by atoms with E-state index in [0.717, 1.165) is 64.2 Å². The Bertz CT molecular complexity index is 1050. The van der Waals surface area contributed by atoms with Crippen molar-refractivity contribution in [2.24, 2.45) is 0 Å². The molecule has 1 saturated heterocycles. The smallest absolute Gasteiger partial charge is 0.220 e. The second-order valence-electron chi connectivity index (χ2n) is 16.5. The number of carbonyl (C=O) groups is 1. The zero-order valence-electron chi connectivity index (χ0n) is 37.0. The van der Waals surface area contributed by atoms with Gasteiger partial charge in [0.2, 0.25) is 5.91 Å². The van der Waals surface area contributed by atoms with Crippen molar-refractivity contribution in [3.63, 3.8) is 0 Å². The molecule has 0 aromatic heterocycles. The van der Waals surface area contributed by atoms with Crippen LogP contribution in [0, 0.1) is 0 Å². The maximum Gasteiger partial charge on any atom is 0.220 e. The molecule has 6 N–H and O–H groups in total. The van der Waals surface area contributed by atoms with Gasteiger partial charge in [0.15, 0.2) is 6.29 Å². The minimum absolute atomic E-state index is 0.202. The summed E-state index contributed by atoms with van der Waals surface area (Å²) in [4.78, 5) is 12.9. The number of nitrogens with one attached hydrogen (secondary N) is 1. The van der Waals surface area contributed by atoms with E-state index in [2.05, 4.69) is 55.6 Å². The maximum absolute atomic E-state index is 12.9. The highest BCUT2D eigenvalue weighted by molar-refractivity contribution is 5.76. The Morgan fingerprint density at radius 1 is 0.569 bits per heavy atom. The lowest BCUT2D eigenvalue weighted by Gasteiger charge is -2.40. The van der Waals surface area contributed by atoms with Crippen molar-refractivity contribution in [2.75, 3.05) is 13.2 Å². The van der Waals surface area contributed by atoms with Crippen LogP contribution in [-0.2, 0) is 14.3 Å². The Kier molecular flexibility index (Phi) is 36.7. The third-order valence-corrected chi connectivity index (χ3v) is 11.1. The van der Waals surface area contributed by atoms with Crippen molar-refractivity contribution < 1.29 is 39.8 Å². The number of ether oxygens (including phenoxy) is 2. The number of hydrogen-bond acceptors (Lipinski definition) is 8. The van der Waals surface area contributed by atoms with Gasteiger partial charge in [-0.3, -0.25) is 4.79 Å². The second-order valence-corrected chi connectivity index (χ2v) is 16.5. The van der Waals surface area contributed by atoms with Crippen LogP contribution in [0.15, 0.2) is 48.6 Å². The first-order valence-corrected chi connectivity index (χ1v) is 23.9. The summed E-state index contributed by atoms with van der Waals surface area (Å²) < 4.78 is 11.2. The summed E-state index contributed by atoms with van der Waals surface area (Å²) in [6.07, 6.45) is 43.0. The number of amides is 1. The first-order chi connectivity index (χ1) is 28.3. The molecule has 1 heterocycles. The number of hydrogen-bond donors (Lipinski definition) is 6. The lowest BCUT2D eigenvalue weighted by molar-refractivity contribution is -0.302. The van der Waals surface area contributed by atoms with Crippen LogP contribution in [0.3, 0.4) is 0 Å². The average molecular weight is 820 g/mol. The van der Waals surface area contributed by atoms with Gasteiger partial charge in [-0.25, -0.2) is 0 Å². The molecule has 9 nitrogen and oxygen atoms in total. The minimum Gasteiger partial charge on any atom is -0.394 e. The van der Waals surface area contributed by atoms with Gasteiger partial charge in [0.1, 0.15) is 24.4 Å². The van der Waals surface area contributed by atoms with E-state index < -0.39 is 49.5 Å². The molecule has 1 amide bonds. The van der Waals surface area contributed by atoms with Crippen LogP contribution in [-0.4, -0.2) is 87.5 Å². The summed E-state index contributed by atoms with van der Waals surface area (Å²) in [5.41, 5.74) is 0. The van der Waals surface area contributed by atoms with Crippen LogP contribution in [0.2, 0.25) is 0 Å². The van der Waals surface area contributed by atoms with Crippen molar-refractivity contribution in [3.8, 4) is 0 Å². The summed E-state index contributed by atoms with van der Waals surface area (Å²) in [5.74, 6) is -0.202. The molecular weight excluding hydrogens is 731 g/mol. The van der Waals surface area contributed by atoms with E-state index in [0.29, 0.717) is 6.42 Å². The number of allylic oxidation sites excluding steroid dienone is 7. The predicted molar refractivity (Wildman–Crippen MR) is 239 cm³/mol. The van der Waals surface area contributed by atoms with Crippen molar-refractivity contribution in [3.05, 3.63) is 48.6 Å². The summed E-state index contributed by atoms with van der Waals surface area (Å²) in [6, 6.07) is -0.831. The zero-order valence-corrected chi connectivity index (χ0v) is 37.0. The fraction of sp³-hybridized carbons (Fsp3) is 0.816.